The molecule has 0 saturated heterocycles. The zero-order valence-corrected chi connectivity index (χ0v) is 15.2. The third-order valence-corrected chi connectivity index (χ3v) is 4.71. The second-order valence-electron chi connectivity index (χ2n) is 7.16. The SMILES string of the molecule is CCCCCC(CCC)C(C)(C)CC(C)(C)OSC. The standard InChI is InChI=1S/C17H36OS/c1-8-10-11-13-15(12-9-2)16(3,4)14-17(5,6)18-19-7/h15H,8-14H2,1-7H3. The fourth-order valence-electron chi connectivity index (χ4n) is 3.41. The summed E-state index contributed by atoms with van der Waals surface area (Å²) >= 11 is 1.50. The summed E-state index contributed by atoms with van der Waals surface area (Å²) in [5.41, 5.74) is 0.336. The van der Waals surface area contributed by atoms with E-state index in [-0.39, 0.29) is 5.60 Å². The van der Waals surface area contributed by atoms with Gasteiger partial charge >= 0.3 is 0 Å². The number of hydrogen-bond acceptors (Lipinski definition) is 2. The summed E-state index contributed by atoms with van der Waals surface area (Å²) in [5.74, 6) is 0.828. The summed E-state index contributed by atoms with van der Waals surface area (Å²) in [6.07, 6.45) is 11.3. The molecule has 116 valence electrons. The van der Waals surface area contributed by atoms with E-state index in [1.165, 1.54) is 50.6 Å². The maximum atomic E-state index is 5.84. The Balaban J connectivity index is 4.57. The Morgan fingerprint density at radius 2 is 1.58 bits per heavy atom. The highest BCUT2D eigenvalue weighted by Crippen LogP contribution is 2.42. The van der Waals surface area contributed by atoms with Crippen LogP contribution in [-0.4, -0.2) is 11.9 Å². The topological polar surface area (TPSA) is 9.23 Å². The van der Waals surface area contributed by atoms with E-state index in [1.54, 1.807) is 0 Å². The number of unbranched alkanes of at least 4 members (excludes halogenated alkanes) is 2. The van der Waals surface area contributed by atoms with E-state index >= 15 is 0 Å². The third kappa shape index (κ3) is 8.24. The molecule has 0 heterocycles. The molecule has 0 N–H and O–H groups in total. The van der Waals surface area contributed by atoms with Crippen molar-refractivity contribution in [2.45, 2.75) is 92.1 Å². The average Bonchev–Trinajstić information content (AvgIpc) is 2.26. The van der Waals surface area contributed by atoms with Crippen LogP contribution in [0.5, 0.6) is 0 Å². The molecule has 0 aromatic heterocycles. The smallest absolute Gasteiger partial charge is 0.0778 e. The predicted molar refractivity (Wildman–Crippen MR) is 89.6 cm³/mol. The van der Waals surface area contributed by atoms with Crippen molar-refractivity contribution in [3.63, 3.8) is 0 Å². The van der Waals surface area contributed by atoms with E-state index in [2.05, 4.69) is 41.5 Å². The van der Waals surface area contributed by atoms with Gasteiger partial charge in [-0.25, -0.2) is 0 Å². The summed E-state index contributed by atoms with van der Waals surface area (Å²) in [6, 6.07) is 0. The van der Waals surface area contributed by atoms with Crippen LogP contribution < -0.4 is 0 Å². The van der Waals surface area contributed by atoms with Crippen LogP contribution in [0.25, 0.3) is 0 Å². The minimum atomic E-state index is -0.0281. The zero-order valence-electron chi connectivity index (χ0n) is 14.3. The molecule has 0 aliphatic carbocycles. The van der Waals surface area contributed by atoms with E-state index in [4.69, 9.17) is 4.18 Å². The quantitative estimate of drug-likeness (QED) is 0.318. The Kier molecular flexibility index (Phi) is 9.43. The van der Waals surface area contributed by atoms with Gasteiger partial charge in [0, 0.05) is 6.26 Å². The van der Waals surface area contributed by atoms with Crippen molar-refractivity contribution in [1.82, 2.24) is 0 Å². The van der Waals surface area contributed by atoms with Gasteiger partial charge in [-0.1, -0.05) is 59.8 Å². The van der Waals surface area contributed by atoms with Gasteiger partial charge in [-0.05, 0) is 50.1 Å². The molecule has 0 saturated carbocycles. The molecular formula is C17H36OS. The highest BCUT2D eigenvalue weighted by Gasteiger charge is 2.35. The Morgan fingerprint density at radius 3 is 2.05 bits per heavy atom. The monoisotopic (exact) mass is 288 g/mol. The van der Waals surface area contributed by atoms with Crippen molar-refractivity contribution in [2.24, 2.45) is 11.3 Å². The summed E-state index contributed by atoms with van der Waals surface area (Å²) in [4.78, 5) is 0. The van der Waals surface area contributed by atoms with E-state index in [1.807, 2.05) is 6.26 Å². The van der Waals surface area contributed by atoms with E-state index in [0.29, 0.717) is 5.41 Å². The summed E-state index contributed by atoms with van der Waals surface area (Å²) < 4.78 is 5.84. The molecule has 0 radical (unpaired) electrons. The largest absolute Gasteiger partial charge is 0.310 e. The molecule has 0 bridgehead atoms. The van der Waals surface area contributed by atoms with Gasteiger partial charge < -0.3 is 4.18 Å². The summed E-state index contributed by atoms with van der Waals surface area (Å²) in [6.45, 7) is 13.9. The van der Waals surface area contributed by atoms with Gasteiger partial charge in [0.25, 0.3) is 0 Å². The second kappa shape index (κ2) is 9.28. The lowest BCUT2D eigenvalue weighted by molar-refractivity contribution is 0.0418. The summed E-state index contributed by atoms with van der Waals surface area (Å²) in [5, 5.41) is 0. The van der Waals surface area contributed by atoms with Crippen molar-refractivity contribution in [3.05, 3.63) is 0 Å². The molecule has 0 aromatic carbocycles. The van der Waals surface area contributed by atoms with Gasteiger partial charge in [-0.15, -0.1) is 0 Å². The molecular weight excluding hydrogens is 252 g/mol. The number of hydrogen-bond donors (Lipinski definition) is 0. The molecule has 2 heteroatoms. The van der Waals surface area contributed by atoms with Crippen molar-refractivity contribution < 1.29 is 4.18 Å². The molecule has 1 atom stereocenters. The maximum Gasteiger partial charge on any atom is 0.0778 e. The molecule has 0 rings (SSSR count). The number of rotatable bonds is 11. The molecule has 0 aliphatic heterocycles. The van der Waals surface area contributed by atoms with Crippen molar-refractivity contribution in [3.8, 4) is 0 Å². The van der Waals surface area contributed by atoms with Gasteiger partial charge in [0.2, 0.25) is 0 Å². The van der Waals surface area contributed by atoms with Crippen molar-refractivity contribution in [2.75, 3.05) is 6.26 Å². The van der Waals surface area contributed by atoms with Gasteiger partial charge in [0.1, 0.15) is 0 Å². The first-order valence-corrected chi connectivity index (χ1v) is 9.16. The van der Waals surface area contributed by atoms with Gasteiger partial charge in [0.05, 0.1) is 5.60 Å². The van der Waals surface area contributed by atoms with Gasteiger partial charge in [0.15, 0.2) is 0 Å². The van der Waals surface area contributed by atoms with E-state index in [0.717, 1.165) is 12.3 Å². The Morgan fingerprint density at radius 1 is 0.947 bits per heavy atom. The van der Waals surface area contributed by atoms with Crippen LogP contribution in [-0.2, 0) is 4.18 Å². The lowest BCUT2D eigenvalue weighted by Gasteiger charge is -2.40. The Labute approximate surface area is 126 Å². The van der Waals surface area contributed by atoms with Crippen LogP contribution in [0.1, 0.15) is 86.5 Å². The minimum absolute atomic E-state index is 0.0281. The Hall–Kier alpha value is 0.310. The van der Waals surface area contributed by atoms with Crippen molar-refractivity contribution >= 4 is 12.0 Å². The molecule has 1 unspecified atom stereocenters. The van der Waals surface area contributed by atoms with Crippen LogP contribution in [0.15, 0.2) is 0 Å². The Bertz CT molecular complexity index is 223. The maximum absolute atomic E-state index is 5.84. The lowest BCUT2D eigenvalue weighted by atomic mass is 9.68. The molecule has 0 fully saturated rings. The highest BCUT2D eigenvalue weighted by molar-refractivity contribution is 7.93. The summed E-state index contributed by atoms with van der Waals surface area (Å²) in [7, 11) is 0. The third-order valence-electron chi connectivity index (χ3n) is 4.09. The van der Waals surface area contributed by atoms with Crippen LogP contribution in [0.4, 0.5) is 0 Å². The van der Waals surface area contributed by atoms with E-state index < -0.39 is 0 Å². The molecule has 0 aliphatic rings. The second-order valence-corrected chi connectivity index (χ2v) is 7.66. The van der Waals surface area contributed by atoms with Crippen LogP contribution in [0, 0.1) is 11.3 Å². The first-order chi connectivity index (χ1) is 8.79. The van der Waals surface area contributed by atoms with Gasteiger partial charge in [-0.3, -0.25) is 0 Å². The fraction of sp³-hybridized carbons (Fsp3) is 1.00. The van der Waals surface area contributed by atoms with Crippen LogP contribution in [0.2, 0.25) is 0 Å². The van der Waals surface area contributed by atoms with Gasteiger partial charge in [-0.2, -0.15) is 0 Å². The zero-order chi connectivity index (χ0) is 14.9. The van der Waals surface area contributed by atoms with E-state index in [9.17, 15) is 0 Å². The predicted octanol–water partition coefficient (Wildman–Crippen LogP) is 6.47. The first-order valence-electron chi connectivity index (χ1n) is 8.01. The molecule has 0 amide bonds. The minimum Gasteiger partial charge on any atom is -0.310 e. The van der Waals surface area contributed by atoms with Crippen LogP contribution in [0.3, 0.4) is 0 Å². The molecule has 19 heavy (non-hydrogen) atoms. The van der Waals surface area contributed by atoms with Crippen LogP contribution >= 0.6 is 12.0 Å². The normalized spacial score (nSPS) is 14.7. The average molecular weight is 289 g/mol. The molecule has 1 nitrogen and oxygen atoms in total. The highest BCUT2D eigenvalue weighted by atomic mass is 32.2. The first kappa shape index (κ1) is 19.3. The molecule has 0 spiro atoms. The van der Waals surface area contributed by atoms with Crippen molar-refractivity contribution in [1.29, 1.82) is 0 Å². The lowest BCUT2D eigenvalue weighted by Crippen LogP contribution is -2.34. The fourth-order valence-corrected chi connectivity index (χ4v) is 3.92. The molecule has 0 aromatic rings.